The van der Waals surface area contributed by atoms with Crippen LogP contribution in [0, 0.1) is 6.92 Å². The average molecular weight is 335 g/mol. The van der Waals surface area contributed by atoms with E-state index in [4.69, 9.17) is 9.16 Å². The Labute approximate surface area is 141 Å². The van der Waals surface area contributed by atoms with Crippen molar-refractivity contribution in [3.63, 3.8) is 0 Å². The van der Waals surface area contributed by atoms with E-state index >= 15 is 0 Å². The minimum atomic E-state index is -2.00. The van der Waals surface area contributed by atoms with Crippen molar-refractivity contribution >= 4 is 14.1 Å². The van der Waals surface area contributed by atoms with Gasteiger partial charge in [-0.1, -0.05) is 41.5 Å². The van der Waals surface area contributed by atoms with Crippen molar-refractivity contribution in [2.24, 2.45) is 0 Å². The third-order valence-electron chi connectivity index (χ3n) is 5.16. The molecule has 0 fully saturated rings. The first kappa shape index (κ1) is 18.1. The van der Waals surface area contributed by atoms with Crippen molar-refractivity contribution in [2.75, 3.05) is 6.61 Å². The van der Waals surface area contributed by atoms with Crippen LogP contribution in [0.2, 0.25) is 16.6 Å². The lowest BCUT2D eigenvalue weighted by atomic mass is 10.0. The van der Waals surface area contributed by atoms with Gasteiger partial charge in [0.05, 0.1) is 12.2 Å². The molecule has 0 bridgehead atoms. The van der Waals surface area contributed by atoms with Gasteiger partial charge in [-0.15, -0.1) is 0 Å². The number of Topliss-reactive ketones (excluding diaryl/α,β-unsaturated/α-hetero) is 1. The van der Waals surface area contributed by atoms with E-state index in [-0.39, 0.29) is 5.78 Å². The third kappa shape index (κ3) is 3.18. The number of hydrogen-bond donors (Lipinski definition) is 0. The quantitative estimate of drug-likeness (QED) is 0.666. The summed E-state index contributed by atoms with van der Waals surface area (Å²) in [4.78, 5) is 12.0. The Bertz CT molecular complexity index is 569. The molecule has 1 heterocycles. The second-order valence-corrected chi connectivity index (χ2v) is 12.9. The molecule has 0 unspecified atom stereocenters. The zero-order valence-corrected chi connectivity index (χ0v) is 16.5. The summed E-state index contributed by atoms with van der Waals surface area (Å²) in [6.45, 7) is 16.2. The maximum Gasteiger partial charge on any atom is 0.258 e. The number of benzene rings is 1. The Hall–Kier alpha value is -1.29. The van der Waals surface area contributed by atoms with E-state index in [0.717, 1.165) is 11.3 Å². The molecule has 2 rings (SSSR count). The molecular weight excluding hydrogens is 304 g/mol. The fraction of sp³-hybridized carbons (Fsp3) is 0.632. The highest BCUT2D eigenvalue weighted by molar-refractivity contribution is 6.78. The van der Waals surface area contributed by atoms with Crippen molar-refractivity contribution in [1.82, 2.24) is 0 Å². The molecular formula is C19H30O3Si. The van der Waals surface area contributed by atoms with Gasteiger partial charge in [-0.05, 0) is 35.2 Å². The molecule has 0 saturated heterocycles. The topological polar surface area (TPSA) is 35.5 Å². The van der Waals surface area contributed by atoms with Crippen LogP contribution in [0.5, 0.6) is 11.5 Å². The van der Waals surface area contributed by atoms with Gasteiger partial charge in [0, 0.05) is 12.5 Å². The molecule has 128 valence electrons. The number of carbonyl (C=O) groups is 1. The van der Waals surface area contributed by atoms with E-state index in [9.17, 15) is 4.79 Å². The third-order valence-corrected chi connectivity index (χ3v) is 11.1. The molecule has 0 N–H and O–H groups in total. The fourth-order valence-corrected chi connectivity index (χ4v) is 9.36. The Kier molecular flexibility index (Phi) is 5.24. The summed E-state index contributed by atoms with van der Waals surface area (Å²) in [7, 11) is -2.00. The van der Waals surface area contributed by atoms with Crippen molar-refractivity contribution in [3.05, 3.63) is 23.3 Å². The fourth-order valence-electron chi connectivity index (χ4n) is 4.05. The van der Waals surface area contributed by atoms with Crippen LogP contribution < -0.4 is 9.16 Å². The molecule has 1 aromatic rings. The molecule has 0 aromatic heterocycles. The zero-order valence-electron chi connectivity index (χ0n) is 15.5. The van der Waals surface area contributed by atoms with Crippen molar-refractivity contribution in [1.29, 1.82) is 0 Å². The van der Waals surface area contributed by atoms with Gasteiger partial charge in [0.1, 0.15) is 11.5 Å². The predicted octanol–water partition coefficient (Wildman–Crippen LogP) is 5.51. The first-order valence-electron chi connectivity index (χ1n) is 8.69. The minimum absolute atomic E-state index is 0.168. The van der Waals surface area contributed by atoms with Gasteiger partial charge >= 0.3 is 0 Å². The number of rotatable bonds is 5. The van der Waals surface area contributed by atoms with Gasteiger partial charge in [-0.25, -0.2) is 0 Å². The maximum atomic E-state index is 12.0. The highest BCUT2D eigenvalue weighted by Crippen LogP contribution is 2.44. The average Bonchev–Trinajstić information content (AvgIpc) is 2.45. The summed E-state index contributed by atoms with van der Waals surface area (Å²) < 4.78 is 12.5. The summed E-state index contributed by atoms with van der Waals surface area (Å²) in [6, 6.07) is 3.88. The molecule has 0 atom stereocenters. The lowest BCUT2D eigenvalue weighted by Crippen LogP contribution is -2.50. The number of carbonyl (C=O) groups excluding carboxylic acids is 1. The normalized spacial score (nSPS) is 15.1. The van der Waals surface area contributed by atoms with Crippen molar-refractivity contribution in [3.8, 4) is 11.5 Å². The van der Waals surface area contributed by atoms with Crippen LogP contribution in [-0.4, -0.2) is 20.7 Å². The molecule has 0 saturated carbocycles. The molecule has 0 amide bonds. The maximum absolute atomic E-state index is 12.0. The summed E-state index contributed by atoms with van der Waals surface area (Å²) in [6.07, 6.45) is 0.468. The second kappa shape index (κ2) is 6.68. The predicted molar refractivity (Wildman–Crippen MR) is 97.3 cm³/mol. The molecule has 3 nitrogen and oxygen atoms in total. The van der Waals surface area contributed by atoms with E-state index in [1.54, 1.807) is 0 Å². The SMILES string of the molecule is Cc1cc2c(cc1O[Si](C(C)C)(C(C)C)C(C)C)OCCC2=O. The van der Waals surface area contributed by atoms with Crippen LogP contribution in [0.3, 0.4) is 0 Å². The van der Waals surface area contributed by atoms with Gasteiger partial charge in [0.25, 0.3) is 8.32 Å². The Morgan fingerprint density at radius 3 is 2.13 bits per heavy atom. The van der Waals surface area contributed by atoms with E-state index in [1.807, 2.05) is 19.1 Å². The minimum Gasteiger partial charge on any atom is -0.542 e. The molecule has 1 aliphatic heterocycles. The van der Waals surface area contributed by atoms with Crippen LogP contribution in [0.15, 0.2) is 12.1 Å². The summed E-state index contributed by atoms with van der Waals surface area (Å²) in [5.74, 6) is 1.74. The number of ether oxygens (including phenoxy) is 1. The zero-order chi connectivity index (χ0) is 17.4. The van der Waals surface area contributed by atoms with Gasteiger partial charge in [-0.2, -0.15) is 0 Å². The largest absolute Gasteiger partial charge is 0.542 e. The van der Waals surface area contributed by atoms with E-state index < -0.39 is 8.32 Å². The molecule has 0 aliphatic carbocycles. The lowest BCUT2D eigenvalue weighted by Gasteiger charge is -2.42. The summed E-state index contributed by atoms with van der Waals surface area (Å²) in [5.41, 5.74) is 3.27. The smallest absolute Gasteiger partial charge is 0.258 e. The number of aryl methyl sites for hydroxylation is 1. The van der Waals surface area contributed by atoms with E-state index in [0.29, 0.717) is 41.0 Å². The molecule has 23 heavy (non-hydrogen) atoms. The van der Waals surface area contributed by atoms with E-state index in [2.05, 4.69) is 41.5 Å². The molecule has 1 aliphatic rings. The van der Waals surface area contributed by atoms with Gasteiger partial charge < -0.3 is 9.16 Å². The van der Waals surface area contributed by atoms with E-state index in [1.165, 1.54) is 0 Å². The Morgan fingerprint density at radius 2 is 1.61 bits per heavy atom. The molecule has 1 aromatic carbocycles. The van der Waals surface area contributed by atoms with Crippen LogP contribution >= 0.6 is 0 Å². The Morgan fingerprint density at radius 1 is 1.04 bits per heavy atom. The first-order valence-corrected chi connectivity index (χ1v) is 10.8. The number of ketones is 1. The first-order chi connectivity index (χ1) is 10.7. The number of hydrogen-bond acceptors (Lipinski definition) is 3. The number of fused-ring (bicyclic) bond motifs is 1. The summed E-state index contributed by atoms with van der Waals surface area (Å²) in [5, 5.41) is 0. The van der Waals surface area contributed by atoms with Gasteiger partial charge in [0.2, 0.25) is 0 Å². The van der Waals surface area contributed by atoms with Crippen molar-refractivity contribution in [2.45, 2.75) is 71.5 Å². The highest BCUT2D eigenvalue weighted by Gasteiger charge is 2.47. The van der Waals surface area contributed by atoms with Crippen molar-refractivity contribution < 1.29 is 14.0 Å². The lowest BCUT2D eigenvalue weighted by molar-refractivity contribution is 0.0933. The van der Waals surface area contributed by atoms with Crippen LogP contribution in [-0.2, 0) is 0 Å². The summed E-state index contributed by atoms with van der Waals surface area (Å²) >= 11 is 0. The second-order valence-electron chi connectivity index (χ2n) is 7.56. The Balaban J connectivity index is 2.47. The molecule has 4 heteroatoms. The monoisotopic (exact) mass is 334 g/mol. The standard InChI is InChI=1S/C19H30O3Si/c1-12(2)23(13(3)4,14(5)6)22-18-11-19-16(10-15(18)7)17(20)8-9-21-19/h10-14H,8-9H2,1-7H3. The van der Waals surface area contributed by atoms with Gasteiger partial charge in [-0.3, -0.25) is 4.79 Å². The van der Waals surface area contributed by atoms with Crippen LogP contribution in [0.25, 0.3) is 0 Å². The van der Waals surface area contributed by atoms with Crippen LogP contribution in [0.4, 0.5) is 0 Å². The van der Waals surface area contributed by atoms with Crippen LogP contribution in [0.1, 0.15) is 63.9 Å². The molecule has 0 spiro atoms. The highest BCUT2D eigenvalue weighted by atomic mass is 28.4. The van der Waals surface area contributed by atoms with Gasteiger partial charge in [0.15, 0.2) is 5.78 Å². The molecule has 0 radical (unpaired) electrons.